The molecule has 3 aliphatic heterocycles. The van der Waals surface area contributed by atoms with Gasteiger partial charge in [0.05, 0.1) is 22.8 Å². The summed E-state index contributed by atoms with van der Waals surface area (Å²) in [5.74, 6) is 0. The van der Waals surface area contributed by atoms with Crippen LogP contribution in [0.4, 0.5) is 0 Å². The zero-order valence-corrected chi connectivity index (χ0v) is 19.9. The number of nitriles is 1. The average molecular weight is 445 g/mol. The molecule has 2 atom stereocenters. The van der Waals surface area contributed by atoms with Crippen LogP contribution in [0.3, 0.4) is 0 Å². The normalized spacial score (nSPS) is 20.9. The first-order valence-corrected chi connectivity index (χ1v) is 11.8. The lowest BCUT2D eigenvalue weighted by molar-refractivity contribution is 0.0685. The molecule has 0 amide bonds. The molecule has 0 radical (unpaired) electrons. The van der Waals surface area contributed by atoms with E-state index in [1.165, 1.54) is 18.4 Å². The molecule has 3 aliphatic rings. The first-order valence-electron chi connectivity index (χ1n) is 11.8. The molecular weight excluding hydrogens is 412 g/mol. The van der Waals surface area contributed by atoms with E-state index in [-0.39, 0.29) is 11.1 Å². The summed E-state index contributed by atoms with van der Waals surface area (Å²) < 4.78 is 3.41. The van der Waals surface area contributed by atoms with Gasteiger partial charge in [0.1, 0.15) is 0 Å². The van der Waals surface area contributed by atoms with Gasteiger partial charge in [-0.15, -0.1) is 0 Å². The van der Waals surface area contributed by atoms with E-state index < -0.39 is 0 Å². The predicted molar refractivity (Wildman–Crippen MR) is 130 cm³/mol. The van der Waals surface area contributed by atoms with E-state index in [1.807, 2.05) is 18.2 Å². The van der Waals surface area contributed by atoms with Crippen molar-refractivity contribution in [2.75, 3.05) is 13.1 Å². The molecule has 2 aromatic heterocycles. The molecule has 7 nitrogen and oxygen atoms in total. The molecule has 3 saturated heterocycles. The Hall–Kier alpha value is -2.95. The molecule has 2 bridgehead atoms. The first-order chi connectivity index (χ1) is 15.7. The topological polar surface area (TPSA) is 78.9 Å². The smallest absolute Gasteiger partial charge is 0.311 e. The van der Waals surface area contributed by atoms with Gasteiger partial charge in [0.25, 0.3) is 0 Å². The molecule has 1 N–H and O–H groups in total. The van der Waals surface area contributed by atoms with Gasteiger partial charge < -0.3 is 5.32 Å². The van der Waals surface area contributed by atoms with Crippen molar-refractivity contribution in [1.29, 1.82) is 5.26 Å². The molecule has 5 heterocycles. The fourth-order valence-electron chi connectivity index (χ4n) is 5.28. The summed E-state index contributed by atoms with van der Waals surface area (Å²) in [6, 6.07) is 13.5. The molecule has 3 fully saturated rings. The third kappa shape index (κ3) is 4.09. The maximum atomic E-state index is 12.9. The Kier molecular flexibility index (Phi) is 5.38. The number of rotatable bonds is 4. The highest BCUT2D eigenvalue weighted by molar-refractivity contribution is 5.78. The number of imidazole rings is 1. The monoisotopic (exact) mass is 444 g/mol. The number of pyridine rings is 1. The summed E-state index contributed by atoms with van der Waals surface area (Å²) in [4.78, 5) is 20.3. The van der Waals surface area contributed by atoms with Crippen LogP contribution >= 0.6 is 0 Å². The Morgan fingerprint density at radius 1 is 1.21 bits per heavy atom. The molecule has 1 aromatic carbocycles. The van der Waals surface area contributed by atoms with E-state index in [2.05, 4.69) is 49.2 Å². The summed E-state index contributed by atoms with van der Waals surface area (Å²) in [6.45, 7) is 10.00. The molecule has 0 saturated carbocycles. The zero-order chi connectivity index (χ0) is 23.3. The minimum absolute atomic E-state index is 0.0253. The van der Waals surface area contributed by atoms with Gasteiger partial charge in [0.2, 0.25) is 0 Å². The minimum Gasteiger partial charge on any atom is -0.311 e. The maximum Gasteiger partial charge on any atom is 0.330 e. The molecule has 0 spiro atoms. The van der Waals surface area contributed by atoms with E-state index in [9.17, 15) is 10.1 Å². The van der Waals surface area contributed by atoms with Gasteiger partial charge in [-0.3, -0.25) is 14.0 Å². The van der Waals surface area contributed by atoms with Gasteiger partial charge in [-0.2, -0.15) is 5.26 Å². The van der Waals surface area contributed by atoms with Crippen molar-refractivity contribution in [2.24, 2.45) is 12.5 Å². The summed E-state index contributed by atoms with van der Waals surface area (Å²) >= 11 is 0. The van der Waals surface area contributed by atoms with Crippen LogP contribution in [-0.2, 0) is 20.1 Å². The van der Waals surface area contributed by atoms with Crippen LogP contribution in [0.2, 0.25) is 0 Å². The first kappa shape index (κ1) is 21.9. The lowest BCUT2D eigenvalue weighted by atomic mass is 9.92. The van der Waals surface area contributed by atoms with Gasteiger partial charge in [0, 0.05) is 50.9 Å². The van der Waals surface area contributed by atoms with Crippen molar-refractivity contribution in [2.45, 2.75) is 58.8 Å². The fourth-order valence-corrected chi connectivity index (χ4v) is 5.28. The van der Waals surface area contributed by atoms with Gasteiger partial charge in [-0.1, -0.05) is 26.8 Å². The van der Waals surface area contributed by atoms with E-state index in [4.69, 9.17) is 4.98 Å². The van der Waals surface area contributed by atoms with Crippen LogP contribution in [0.5, 0.6) is 0 Å². The number of nitrogens with one attached hydrogen (secondary N) is 1. The number of piperazine rings is 1. The molecule has 172 valence electrons. The van der Waals surface area contributed by atoms with E-state index in [1.54, 1.807) is 16.2 Å². The molecule has 7 heteroatoms. The summed E-state index contributed by atoms with van der Waals surface area (Å²) in [5.41, 5.74) is 4.74. The number of aromatic nitrogens is 3. The highest BCUT2D eigenvalue weighted by Gasteiger charge is 2.33. The van der Waals surface area contributed by atoms with Crippen molar-refractivity contribution in [3.05, 3.63) is 51.9 Å². The highest BCUT2D eigenvalue weighted by atomic mass is 16.1. The van der Waals surface area contributed by atoms with Crippen LogP contribution in [0.25, 0.3) is 22.4 Å². The van der Waals surface area contributed by atoms with Crippen LogP contribution in [0, 0.1) is 16.7 Å². The lowest BCUT2D eigenvalue weighted by Crippen LogP contribution is -2.60. The molecule has 0 aliphatic carbocycles. The molecule has 33 heavy (non-hydrogen) atoms. The van der Waals surface area contributed by atoms with Gasteiger partial charge in [0.15, 0.2) is 5.65 Å². The number of fused-ring (bicyclic) bond motifs is 4. The maximum absolute atomic E-state index is 12.9. The Morgan fingerprint density at radius 3 is 2.67 bits per heavy atom. The van der Waals surface area contributed by atoms with Crippen LogP contribution in [0.15, 0.2) is 35.1 Å². The largest absolute Gasteiger partial charge is 0.330 e. The number of hydrogen-bond acceptors (Lipinski definition) is 5. The van der Waals surface area contributed by atoms with Gasteiger partial charge in [-0.05, 0) is 48.1 Å². The SMILES string of the molecule is Cn1c(=O)n(CC(C)(C)C)c2ccc(-c3cc(CN4CC5CCC4CN5)ccc3C#N)nc21. The van der Waals surface area contributed by atoms with Crippen molar-refractivity contribution in [3.63, 3.8) is 0 Å². The third-order valence-corrected chi connectivity index (χ3v) is 6.94. The fraction of sp³-hybridized carbons (Fsp3) is 0.500. The lowest BCUT2D eigenvalue weighted by Gasteiger charge is -2.46. The number of nitrogens with zero attached hydrogens (tertiary/aromatic N) is 5. The van der Waals surface area contributed by atoms with E-state index in [0.29, 0.717) is 29.8 Å². The average Bonchev–Trinajstić information content (AvgIpc) is 3.03. The molecule has 6 rings (SSSR count). The summed E-state index contributed by atoms with van der Waals surface area (Å²) in [5, 5.41) is 13.4. The van der Waals surface area contributed by atoms with Gasteiger partial charge in [-0.25, -0.2) is 9.78 Å². The molecular formula is C26H32N6O. The Morgan fingerprint density at radius 2 is 2.03 bits per heavy atom. The van der Waals surface area contributed by atoms with E-state index >= 15 is 0 Å². The van der Waals surface area contributed by atoms with Crippen molar-refractivity contribution < 1.29 is 0 Å². The van der Waals surface area contributed by atoms with Crippen LogP contribution < -0.4 is 11.0 Å². The molecule has 2 unspecified atom stereocenters. The minimum atomic E-state index is -0.0624. The Balaban J connectivity index is 1.52. The van der Waals surface area contributed by atoms with Crippen molar-refractivity contribution in [3.8, 4) is 17.3 Å². The van der Waals surface area contributed by atoms with Crippen LogP contribution in [-0.4, -0.2) is 44.2 Å². The van der Waals surface area contributed by atoms with Crippen LogP contribution in [0.1, 0.15) is 44.7 Å². The number of benzene rings is 1. The second-order valence-corrected chi connectivity index (χ2v) is 10.8. The van der Waals surface area contributed by atoms with Crippen molar-refractivity contribution in [1.82, 2.24) is 24.3 Å². The quantitative estimate of drug-likeness (QED) is 0.668. The number of hydrogen-bond donors (Lipinski definition) is 1. The standard InChI is InChI=1S/C26H32N6O/c1-26(2,3)16-32-23-10-9-22(29-24(23)30(4)25(32)33)21-11-17(5-6-18(21)12-27)14-31-15-19-7-8-20(31)13-28-19/h5-6,9-11,19-20,28H,7-8,13-16H2,1-4H3. The number of piperidine rings is 2. The van der Waals surface area contributed by atoms with E-state index in [0.717, 1.165) is 36.4 Å². The summed E-state index contributed by atoms with van der Waals surface area (Å²) in [6.07, 6.45) is 2.51. The van der Waals surface area contributed by atoms with Gasteiger partial charge >= 0.3 is 5.69 Å². The second kappa shape index (κ2) is 8.12. The van der Waals surface area contributed by atoms with Crippen molar-refractivity contribution >= 4 is 11.2 Å². The highest BCUT2D eigenvalue weighted by Crippen LogP contribution is 2.29. The predicted octanol–water partition coefficient (Wildman–Crippen LogP) is 3.26. The Labute approximate surface area is 194 Å². The Bertz CT molecular complexity index is 1300. The zero-order valence-electron chi connectivity index (χ0n) is 19.9. The molecule has 3 aromatic rings. The summed E-state index contributed by atoms with van der Waals surface area (Å²) in [7, 11) is 1.77. The number of aryl methyl sites for hydroxylation is 1. The second-order valence-electron chi connectivity index (χ2n) is 10.8. The third-order valence-electron chi connectivity index (χ3n) is 6.94.